The molecule has 3 atom stereocenters. The van der Waals surface area contributed by atoms with Crippen molar-refractivity contribution in [3.63, 3.8) is 0 Å². The number of nitrogens with zero attached hydrogens (tertiary/aromatic N) is 8. The number of carbonyl (C=O) groups is 3. The molecule has 3 fully saturated rings. The highest BCUT2D eigenvalue weighted by atomic mass is 16.3. The number of anilines is 1. The fraction of sp³-hybridized carbons (Fsp3) is 0.359. The number of piperidine rings is 1. The molecule has 5 aromatic rings. The van der Waals surface area contributed by atoms with Gasteiger partial charge >= 0.3 is 5.69 Å². The number of nitrogens with one attached hydrogen (secondary N) is 1. The highest BCUT2D eigenvalue weighted by molar-refractivity contribution is 6.06. The van der Waals surface area contributed by atoms with Crippen LogP contribution in [0.25, 0.3) is 11.0 Å². The van der Waals surface area contributed by atoms with E-state index in [-0.39, 0.29) is 29.6 Å². The van der Waals surface area contributed by atoms with E-state index in [2.05, 4.69) is 25.4 Å². The van der Waals surface area contributed by atoms with Gasteiger partial charge in [0.2, 0.25) is 11.8 Å². The monoisotopic (exact) mass is 715 g/mol. The Hall–Kier alpha value is -6.05. The van der Waals surface area contributed by atoms with Crippen LogP contribution in [-0.2, 0) is 36.0 Å². The summed E-state index contributed by atoms with van der Waals surface area (Å²) in [7, 11) is 1.71. The minimum absolute atomic E-state index is 0.00898. The van der Waals surface area contributed by atoms with E-state index in [0.29, 0.717) is 36.1 Å². The molecule has 3 saturated heterocycles. The highest BCUT2D eigenvalue weighted by Gasteiger charge is 2.42. The van der Waals surface area contributed by atoms with Crippen molar-refractivity contribution >= 4 is 34.4 Å². The molecule has 53 heavy (non-hydrogen) atoms. The number of pyridine rings is 1. The van der Waals surface area contributed by atoms with Gasteiger partial charge in [0.15, 0.2) is 5.78 Å². The standard InChI is InChI=1S/C39H41N9O5/c1-44-33-19-25(13-14-31(33)48(39(44)53)32-15-16-37(51)41-38(32)52)7-2-3-8-27-22-46(43-42-27)21-26-9-6-12-36(40-26)47-24-28-20-29(47)23-45(28)18-17-35(50)30-10-4-5-11-34(30)49/h4-6,9-14,17-19,22,28-29,32,49H,2-3,7-8,15-16,20-21,23-24H2,1H3,(H,41,51,52)/b18-17+/t28-,29-,32?/m1/s1. The number of benzene rings is 2. The molecule has 8 rings (SSSR count). The molecule has 2 N–H and O–H groups in total. The molecule has 0 spiro atoms. The molecule has 0 saturated carbocycles. The van der Waals surface area contributed by atoms with E-state index >= 15 is 0 Å². The van der Waals surface area contributed by atoms with Gasteiger partial charge in [-0.05, 0) is 80.5 Å². The molecule has 0 radical (unpaired) electrons. The Labute approximate surface area is 305 Å². The number of rotatable bonds is 12. The second kappa shape index (κ2) is 14.2. The third kappa shape index (κ3) is 6.84. The minimum atomic E-state index is -0.693. The number of aromatic nitrogens is 6. The molecule has 2 aromatic carbocycles. The number of piperazine rings is 1. The maximum absolute atomic E-state index is 13.1. The van der Waals surface area contributed by atoms with E-state index in [0.717, 1.165) is 73.5 Å². The second-order valence-corrected chi connectivity index (χ2v) is 14.2. The van der Waals surface area contributed by atoms with E-state index in [1.165, 1.54) is 10.6 Å². The van der Waals surface area contributed by atoms with Gasteiger partial charge in [-0.3, -0.25) is 28.8 Å². The Bertz CT molecular complexity index is 2310. The number of ketones is 1. The van der Waals surface area contributed by atoms with Crippen LogP contribution in [0.15, 0.2) is 83.9 Å². The summed E-state index contributed by atoms with van der Waals surface area (Å²) in [5.41, 5.74) is 4.43. The zero-order valence-corrected chi connectivity index (χ0v) is 29.5. The highest BCUT2D eigenvalue weighted by Crippen LogP contribution is 2.34. The molecule has 3 aliphatic rings. The number of carbonyl (C=O) groups excluding carboxylic acids is 3. The van der Waals surface area contributed by atoms with Gasteiger partial charge in [0, 0.05) is 57.1 Å². The summed E-state index contributed by atoms with van der Waals surface area (Å²) in [6, 6.07) is 18.5. The van der Waals surface area contributed by atoms with Crippen molar-refractivity contribution in [3.8, 4) is 5.75 Å². The lowest BCUT2D eigenvalue weighted by atomic mass is 10.0. The van der Waals surface area contributed by atoms with Gasteiger partial charge in [-0.25, -0.2) is 14.5 Å². The fourth-order valence-electron chi connectivity index (χ4n) is 7.94. The summed E-state index contributed by atoms with van der Waals surface area (Å²) < 4.78 is 4.90. The minimum Gasteiger partial charge on any atom is -0.507 e. The number of aromatic hydroxyl groups is 1. The number of allylic oxidation sites excluding steroid dienone is 1. The third-order valence-electron chi connectivity index (χ3n) is 10.7. The van der Waals surface area contributed by atoms with Crippen LogP contribution >= 0.6 is 0 Å². The molecular formula is C39H41N9O5. The van der Waals surface area contributed by atoms with Crippen LogP contribution < -0.4 is 15.9 Å². The van der Waals surface area contributed by atoms with Gasteiger partial charge in [0.1, 0.15) is 17.6 Å². The number of hydrogen-bond donors (Lipinski definition) is 2. The zero-order chi connectivity index (χ0) is 36.6. The second-order valence-electron chi connectivity index (χ2n) is 14.2. The molecule has 3 aliphatic heterocycles. The largest absolute Gasteiger partial charge is 0.507 e. The molecule has 6 heterocycles. The number of hydrogen-bond acceptors (Lipinski definition) is 10. The quantitative estimate of drug-likeness (QED) is 0.0850. The first-order chi connectivity index (χ1) is 25.7. The summed E-state index contributed by atoms with van der Waals surface area (Å²) in [5, 5.41) is 21.1. The smallest absolute Gasteiger partial charge is 0.329 e. The summed E-state index contributed by atoms with van der Waals surface area (Å²) >= 11 is 0. The van der Waals surface area contributed by atoms with E-state index in [9.17, 15) is 24.3 Å². The van der Waals surface area contributed by atoms with E-state index in [4.69, 9.17) is 4.98 Å². The SMILES string of the molecule is Cn1c(=O)n(C2CCC(=O)NC2=O)c2ccc(CCCCc3cn(Cc4cccc(N5C[C@H]6C[C@@H]5CN6/C=C/C(=O)c5ccccc5O)n4)nn3)cc21. The topological polar surface area (TPSA) is 160 Å². The summed E-state index contributed by atoms with van der Waals surface area (Å²) in [6.07, 6.45) is 10.4. The number of phenolic OH excluding ortho intramolecular Hbond substituents is 1. The van der Waals surface area contributed by atoms with Crippen molar-refractivity contribution in [3.05, 3.63) is 112 Å². The van der Waals surface area contributed by atoms with E-state index in [1.54, 1.807) is 35.9 Å². The molecule has 14 nitrogen and oxygen atoms in total. The Morgan fingerprint density at radius 2 is 1.81 bits per heavy atom. The van der Waals surface area contributed by atoms with Crippen LogP contribution in [0.2, 0.25) is 0 Å². The van der Waals surface area contributed by atoms with Crippen LogP contribution in [0, 0.1) is 0 Å². The normalized spacial score (nSPS) is 19.9. The van der Waals surface area contributed by atoms with Gasteiger partial charge in [-0.1, -0.05) is 29.5 Å². The first kappa shape index (κ1) is 34.1. The number of amides is 2. The van der Waals surface area contributed by atoms with Gasteiger partial charge in [0.05, 0.1) is 34.5 Å². The van der Waals surface area contributed by atoms with Gasteiger partial charge in [-0.2, -0.15) is 0 Å². The van der Waals surface area contributed by atoms with Crippen molar-refractivity contribution in [1.29, 1.82) is 0 Å². The predicted molar refractivity (Wildman–Crippen MR) is 196 cm³/mol. The van der Waals surface area contributed by atoms with Gasteiger partial charge in [0.25, 0.3) is 0 Å². The van der Waals surface area contributed by atoms with E-state index < -0.39 is 11.9 Å². The molecular weight excluding hydrogens is 674 g/mol. The fourth-order valence-corrected chi connectivity index (χ4v) is 7.94. The third-order valence-corrected chi connectivity index (χ3v) is 10.7. The lowest BCUT2D eigenvalue weighted by Crippen LogP contribution is -2.44. The molecule has 0 aliphatic carbocycles. The number of aryl methyl sites for hydroxylation is 3. The van der Waals surface area contributed by atoms with Crippen molar-refractivity contribution in [2.24, 2.45) is 7.05 Å². The number of imide groups is 1. The number of fused-ring (bicyclic) bond motifs is 3. The Morgan fingerprint density at radius 3 is 2.62 bits per heavy atom. The molecule has 272 valence electrons. The van der Waals surface area contributed by atoms with Crippen molar-refractivity contribution in [1.82, 2.24) is 39.3 Å². The summed E-state index contributed by atoms with van der Waals surface area (Å²) in [6.45, 7) is 2.15. The van der Waals surface area contributed by atoms with Crippen LogP contribution in [0.3, 0.4) is 0 Å². The molecule has 14 heteroatoms. The lowest BCUT2D eigenvalue weighted by Gasteiger charge is -2.34. The Kier molecular flexibility index (Phi) is 9.10. The lowest BCUT2D eigenvalue weighted by molar-refractivity contribution is -0.135. The maximum Gasteiger partial charge on any atom is 0.329 e. The molecule has 2 amide bonds. The van der Waals surface area contributed by atoms with Crippen LogP contribution in [-0.4, -0.2) is 81.9 Å². The Morgan fingerprint density at radius 1 is 0.962 bits per heavy atom. The molecule has 2 bridgehead atoms. The molecule has 3 aromatic heterocycles. The van der Waals surface area contributed by atoms with Crippen molar-refractivity contribution in [2.45, 2.75) is 69.6 Å². The van der Waals surface area contributed by atoms with Crippen molar-refractivity contribution in [2.75, 3.05) is 18.0 Å². The summed E-state index contributed by atoms with van der Waals surface area (Å²) in [4.78, 5) is 59.3. The number of unbranched alkanes of at least 4 members (excludes halogenated alkanes) is 1. The Balaban J connectivity index is 0.825. The van der Waals surface area contributed by atoms with Crippen LogP contribution in [0.4, 0.5) is 5.82 Å². The van der Waals surface area contributed by atoms with Crippen molar-refractivity contribution < 1.29 is 19.5 Å². The van der Waals surface area contributed by atoms with Gasteiger partial charge in [-0.15, -0.1) is 5.10 Å². The number of phenols is 1. The first-order valence-electron chi connectivity index (χ1n) is 18.1. The first-order valence-corrected chi connectivity index (χ1v) is 18.1. The number of imidazole rings is 1. The number of likely N-dealkylation sites (tertiary alicyclic amines) is 1. The van der Waals surface area contributed by atoms with Crippen LogP contribution in [0.5, 0.6) is 5.75 Å². The zero-order valence-electron chi connectivity index (χ0n) is 29.5. The number of para-hydroxylation sites is 1. The summed E-state index contributed by atoms with van der Waals surface area (Å²) in [5.74, 6) is -0.0183. The van der Waals surface area contributed by atoms with E-state index in [1.807, 2.05) is 53.5 Å². The predicted octanol–water partition coefficient (Wildman–Crippen LogP) is 3.28. The maximum atomic E-state index is 13.1. The van der Waals surface area contributed by atoms with Gasteiger partial charge < -0.3 is 14.9 Å². The average Bonchev–Trinajstić information content (AvgIpc) is 3.94. The van der Waals surface area contributed by atoms with Crippen LogP contribution in [0.1, 0.15) is 65.5 Å². The average molecular weight is 716 g/mol. The molecule has 1 unspecified atom stereocenters.